The summed E-state index contributed by atoms with van der Waals surface area (Å²) in [6.45, 7) is 2.72. The Labute approximate surface area is 179 Å². The number of rotatable bonds is 19. The largest absolute Gasteiger partial charge is 0.464 e. The van der Waals surface area contributed by atoms with Crippen molar-refractivity contribution in [2.24, 2.45) is 0 Å². The fraction of sp³-hybridized carbons (Fsp3) is 0.840. The molecule has 4 heteroatoms. The number of unbranched alkanes of at least 4 members (excludes halogenated alkanes) is 14. The lowest BCUT2D eigenvalue weighted by atomic mass is 10.0. The molecule has 1 N–H and O–H groups in total. The Morgan fingerprint density at radius 3 is 1.90 bits per heavy atom. The van der Waals surface area contributed by atoms with E-state index in [4.69, 9.17) is 4.74 Å². The molecule has 0 saturated carbocycles. The molecule has 168 valence electrons. The molecule has 1 amide bonds. The molecule has 1 fully saturated rings. The fourth-order valence-corrected chi connectivity index (χ4v) is 3.78. The summed E-state index contributed by atoms with van der Waals surface area (Å²) in [5, 5.41) is 2.64. The predicted octanol–water partition coefficient (Wildman–Crippen LogP) is 6.63. The molecule has 1 atom stereocenters. The third-order valence-electron chi connectivity index (χ3n) is 5.68. The third-order valence-corrected chi connectivity index (χ3v) is 5.68. The summed E-state index contributed by atoms with van der Waals surface area (Å²) >= 11 is 0. The minimum atomic E-state index is -0.423. The van der Waals surface area contributed by atoms with Crippen LogP contribution in [-0.2, 0) is 14.3 Å². The highest BCUT2D eigenvalue weighted by molar-refractivity contribution is 5.87. The van der Waals surface area contributed by atoms with Gasteiger partial charge in [0.2, 0.25) is 5.91 Å². The highest BCUT2D eigenvalue weighted by Crippen LogP contribution is 2.13. The third kappa shape index (κ3) is 15.2. The van der Waals surface area contributed by atoms with Crippen LogP contribution in [-0.4, -0.2) is 24.5 Å². The van der Waals surface area contributed by atoms with Crippen LogP contribution in [0.15, 0.2) is 12.2 Å². The molecule has 4 nitrogen and oxygen atoms in total. The van der Waals surface area contributed by atoms with Crippen LogP contribution < -0.4 is 5.32 Å². The number of hydrogen-bond donors (Lipinski definition) is 1. The first-order valence-electron chi connectivity index (χ1n) is 12.3. The first-order chi connectivity index (χ1) is 14.2. The Morgan fingerprint density at radius 1 is 0.862 bits per heavy atom. The van der Waals surface area contributed by atoms with Gasteiger partial charge in [-0.1, -0.05) is 96.1 Å². The Kier molecular flexibility index (Phi) is 16.6. The lowest BCUT2D eigenvalue weighted by Crippen LogP contribution is -2.34. The molecule has 1 heterocycles. The summed E-state index contributed by atoms with van der Waals surface area (Å²) in [4.78, 5) is 22.8. The van der Waals surface area contributed by atoms with E-state index in [1.165, 1.54) is 83.5 Å². The zero-order valence-corrected chi connectivity index (χ0v) is 18.9. The Balaban J connectivity index is 1.75. The van der Waals surface area contributed by atoms with Crippen molar-refractivity contribution in [3.63, 3.8) is 0 Å². The maximum Gasteiger partial charge on any atom is 0.328 e. The number of nitrogens with one attached hydrogen (secondary N) is 1. The van der Waals surface area contributed by atoms with E-state index in [2.05, 4.69) is 24.4 Å². The van der Waals surface area contributed by atoms with Gasteiger partial charge in [-0.3, -0.25) is 4.79 Å². The van der Waals surface area contributed by atoms with Gasteiger partial charge in [0.15, 0.2) is 0 Å². The maximum absolute atomic E-state index is 11.7. The van der Waals surface area contributed by atoms with Crippen LogP contribution >= 0.6 is 0 Å². The lowest BCUT2D eigenvalue weighted by molar-refractivity contribution is -0.146. The lowest BCUT2D eigenvalue weighted by Gasteiger charge is -2.09. The second-order valence-corrected chi connectivity index (χ2v) is 8.47. The van der Waals surface area contributed by atoms with Crippen LogP contribution in [0.3, 0.4) is 0 Å². The van der Waals surface area contributed by atoms with E-state index in [0.29, 0.717) is 19.4 Å². The van der Waals surface area contributed by atoms with E-state index >= 15 is 0 Å². The fourth-order valence-electron chi connectivity index (χ4n) is 3.78. The number of amides is 1. The van der Waals surface area contributed by atoms with Crippen LogP contribution in [0.2, 0.25) is 0 Å². The molecule has 1 rings (SSSR count). The van der Waals surface area contributed by atoms with Crippen molar-refractivity contribution in [3.8, 4) is 0 Å². The maximum atomic E-state index is 11.7. The van der Waals surface area contributed by atoms with Crippen molar-refractivity contribution in [2.45, 2.75) is 129 Å². The van der Waals surface area contributed by atoms with Crippen molar-refractivity contribution >= 4 is 11.9 Å². The first kappa shape index (κ1) is 25.7. The van der Waals surface area contributed by atoms with Crippen LogP contribution in [0.25, 0.3) is 0 Å². The van der Waals surface area contributed by atoms with Crippen LogP contribution in [0.5, 0.6) is 0 Å². The summed E-state index contributed by atoms with van der Waals surface area (Å²) in [7, 11) is 0. The molecule has 0 spiro atoms. The number of carbonyl (C=O) groups is 2. The number of hydrogen-bond acceptors (Lipinski definition) is 3. The zero-order valence-electron chi connectivity index (χ0n) is 18.9. The Morgan fingerprint density at radius 2 is 1.38 bits per heavy atom. The highest BCUT2D eigenvalue weighted by atomic mass is 16.5. The molecular weight excluding hydrogens is 362 g/mol. The molecule has 1 aliphatic heterocycles. The molecule has 0 aromatic rings. The van der Waals surface area contributed by atoms with Gasteiger partial charge in [0, 0.05) is 6.42 Å². The van der Waals surface area contributed by atoms with Crippen molar-refractivity contribution in [2.75, 3.05) is 6.61 Å². The molecule has 0 bridgehead atoms. The Bertz CT molecular complexity index is 447. The van der Waals surface area contributed by atoms with E-state index in [1.54, 1.807) is 0 Å². The smallest absolute Gasteiger partial charge is 0.328 e. The van der Waals surface area contributed by atoms with Gasteiger partial charge in [-0.15, -0.1) is 0 Å². The standard InChI is InChI=1S/C25H45NO3/c1-2-3-4-5-6-7-8-9-10-11-12-13-14-15-16-17-18-19-22-29-25(28)23-20-21-24(27)26-23/h16-17,23H,2-15,18-22H2,1H3,(H,26,27)/b17-16+/t23-/m0/s1. The summed E-state index contributed by atoms with van der Waals surface area (Å²) in [5.74, 6) is -0.338. The van der Waals surface area contributed by atoms with Crippen molar-refractivity contribution in [1.82, 2.24) is 5.32 Å². The summed E-state index contributed by atoms with van der Waals surface area (Å²) in [5.41, 5.74) is 0. The van der Waals surface area contributed by atoms with Gasteiger partial charge >= 0.3 is 5.97 Å². The molecule has 0 aliphatic carbocycles. The van der Waals surface area contributed by atoms with Crippen molar-refractivity contribution < 1.29 is 14.3 Å². The van der Waals surface area contributed by atoms with E-state index in [-0.39, 0.29) is 11.9 Å². The molecule has 0 aromatic heterocycles. The highest BCUT2D eigenvalue weighted by Gasteiger charge is 2.28. The summed E-state index contributed by atoms with van der Waals surface area (Å²) in [6, 6.07) is -0.423. The van der Waals surface area contributed by atoms with Gasteiger partial charge in [0.1, 0.15) is 6.04 Å². The normalized spacial score (nSPS) is 16.4. The van der Waals surface area contributed by atoms with Crippen LogP contribution in [0.4, 0.5) is 0 Å². The monoisotopic (exact) mass is 407 g/mol. The van der Waals surface area contributed by atoms with Gasteiger partial charge in [0.05, 0.1) is 6.61 Å². The predicted molar refractivity (Wildman–Crippen MR) is 121 cm³/mol. The van der Waals surface area contributed by atoms with Gasteiger partial charge in [-0.25, -0.2) is 4.79 Å². The molecule has 1 saturated heterocycles. The minimum Gasteiger partial charge on any atom is -0.464 e. The minimum absolute atomic E-state index is 0.0527. The second kappa shape index (κ2) is 18.7. The second-order valence-electron chi connectivity index (χ2n) is 8.47. The van der Waals surface area contributed by atoms with Crippen LogP contribution in [0, 0.1) is 0 Å². The SMILES string of the molecule is CCCCCCCCCCCCCCC/C=C/CCCOC(=O)[C@@H]1CCC(=O)N1. The molecular formula is C25H45NO3. The van der Waals surface area contributed by atoms with Crippen LogP contribution in [0.1, 0.15) is 122 Å². The van der Waals surface area contributed by atoms with Crippen molar-refractivity contribution in [1.29, 1.82) is 0 Å². The molecule has 29 heavy (non-hydrogen) atoms. The summed E-state index contributed by atoms with van der Waals surface area (Å²) < 4.78 is 5.22. The average molecular weight is 408 g/mol. The molecule has 0 radical (unpaired) electrons. The quantitative estimate of drug-likeness (QED) is 0.149. The van der Waals surface area contributed by atoms with Crippen molar-refractivity contribution in [3.05, 3.63) is 12.2 Å². The average Bonchev–Trinajstić information content (AvgIpc) is 3.16. The van der Waals surface area contributed by atoms with Gasteiger partial charge < -0.3 is 10.1 Å². The van der Waals surface area contributed by atoms with Gasteiger partial charge in [-0.05, 0) is 32.1 Å². The number of esters is 1. The van der Waals surface area contributed by atoms with E-state index in [9.17, 15) is 9.59 Å². The number of ether oxygens (including phenoxy) is 1. The Hall–Kier alpha value is -1.32. The summed E-state index contributed by atoms with van der Waals surface area (Å²) in [6.07, 6.45) is 26.6. The zero-order chi connectivity index (χ0) is 21.0. The van der Waals surface area contributed by atoms with E-state index in [1.807, 2.05) is 0 Å². The van der Waals surface area contributed by atoms with E-state index in [0.717, 1.165) is 19.3 Å². The van der Waals surface area contributed by atoms with E-state index < -0.39 is 6.04 Å². The van der Waals surface area contributed by atoms with Gasteiger partial charge in [0.25, 0.3) is 0 Å². The van der Waals surface area contributed by atoms with Gasteiger partial charge in [-0.2, -0.15) is 0 Å². The number of carbonyl (C=O) groups excluding carboxylic acids is 2. The number of allylic oxidation sites excluding steroid dienone is 2. The molecule has 1 aliphatic rings. The topological polar surface area (TPSA) is 55.4 Å². The molecule has 0 aromatic carbocycles. The molecule has 0 unspecified atom stereocenters. The first-order valence-corrected chi connectivity index (χ1v) is 12.3.